The molecule has 2 aromatic rings. The minimum absolute atomic E-state index is 0.921. The molecule has 0 aliphatic carbocycles. The zero-order valence-electron chi connectivity index (χ0n) is 8.57. The lowest BCUT2D eigenvalue weighted by Gasteiger charge is -2.06. The summed E-state index contributed by atoms with van der Waals surface area (Å²) in [5.41, 5.74) is 0. The molecular weight excluding hydrogens is 194 g/mol. The Morgan fingerprint density at radius 3 is 2.64 bits per heavy atom. The van der Waals surface area contributed by atoms with E-state index in [0.29, 0.717) is 0 Å². The molecule has 0 spiro atoms. The molecule has 0 saturated carbocycles. The van der Waals surface area contributed by atoms with Gasteiger partial charge in [0, 0.05) is 18.8 Å². The Labute approximate surface area is 87.7 Å². The summed E-state index contributed by atoms with van der Waals surface area (Å²) >= 11 is 1.78. The topological polar surface area (TPSA) is 12.5 Å². The minimum Gasteiger partial charge on any atom is -0.497 e. The number of nitrogens with zero attached hydrogens (tertiary/aromatic N) is 1. The van der Waals surface area contributed by atoms with E-state index in [4.69, 9.17) is 4.74 Å². The van der Waals surface area contributed by atoms with Crippen molar-refractivity contribution in [3.05, 3.63) is 24.3 Å². The van der Waals surface area contributed by atoms with Crippen LogP contribution in [0.4, 0.5) is 5.00 Å². The van der Waals surface area contributed by atoms with Crippen LogP contribution < -0.4 is 9.64 Å². The van der Waals surface area contributed by atoms with E-state index >= 15 is 0 Å². The van der Waals surface area contributed by atoms with Gasteiger partial charge in [0.15, 0.2) is 0 Å². The summed E-state index contributed by atoms with van der Waals surface area (Å²) in [7, 11) is 5.81. The van der Waals surface area contributed by atoms with Crippen LogP contribution in [-0.4, -0.2) is 21.2 Å². The summed E-state index contributed by atoms with van der Waals surface area (Å²) in [6.45, 7) is 0. The van der Waals surface area contributed by atoms with Crippen LogP contribution in [0.2, 0.25) is 0 Å². The molecule has 3 heteroatoms. The fraction of sp³-hybridized carbons (Fsp3) is 0.273. The molecule has 1 aromatic heterocycles. The predicted molar refractivity (Wildman–Crippen MR) is 62.7 cm³/mol. The number of methoxy groups -OCH3 is 1. The Kier molecular flexibility index (Phi) is 2.33. The number of fused-ring (bicyclic) bond motifs is 1. The summed E-state index contributed by atoms with van der Waals surface area (Å²) in [6, 6.07) is 8.36. The second-order valence-corrected chi connectivity index (χ2v) is 4.45. The Hall–Kier alpha value is -1.22. The first-order chi connectivity index (χ1) is 6.70. The Morgan fingerprint density at radius 1 is 1.21 bits per heavy atom. The maximum absolute atomic E-state index is 5.19. The van der Waals surface area contributed by atoms with Crippen LogP contribution in [0.15, 0.2) is 24.3 Å². The summed E-state index contributed by atoms with van der Waals surface area (Å²) < 4.78 is 6.46. The lowest BCUT2D eigenvalue weighted by molar-refractivity contribution is 0.415. The van der Waals surface area contributed by atoms with Crippen molar-refractivity contribution in [3.63, 3.8) is 0 Å². The molecule has 0 aliphatic heterocycles. The first-order valence-electron chi connectivity index (χ1n) is 4.45. The second kappa shape index (κ2) is 3.50. The van der Waals surface area contributed by atoms with Crippen LogP contribution in [0.25, 0.3) is 10.1 Å². The lowest BCUT2D eigenvalue weighted by Crippen LogP contribution is -2.05. The van der Waals surface area contributed by atoms with Gasteiger partial charge in [-0.1, -0.05) is 0 Å². The third-order valence-electron chi connectivity index (χ3n) is 2.16. The van der Waals surface area contributed by atoms with Gasteiger partial charge in [0.1, 0.15) is 5.75 Å². The van der Waals surface area contributed by atoms with E-state index in [1.807, 2.05) is 6.07 Å². The van der Waals surface area contributed by atoms with Crippen LogP contribution in [0.3, 0.4) is 0 Å². The second-order valence-electron chi connectivity index (χ2n) is 3.38. The van der Waals surface area contributed by atoms with E-state index < -0.39 is 0 Å². The Morgan fingerprint density at radius 2 is 2.00 bits per heavy atom. The number of thiophene rings is 1. The predicted octanol–water partition coefficient (Wildman–Crippen LogP) is 2.98. The van der Waals surface area contributed by atoms with Gasteiger partial charge < -0.3 is 9.64 Å². The molecular formula is C11H13NOS. The normalized spacial score (nSPS) is 10.5. The summed E-state index contributed by atoms with van der Waals surface area (Å²) in [6.07, 6.45) is 0. The van der Waals surface area contributed by atoms with E-state index in [2.05, 4.69) is 37.2 Å². The van der Waals surface area contributed by atoms with Crippen molar-refractivity contribution in [3.8, 4) is 5.75 Å². The number of benzene rings is 1. The molecule has 74 valence electrons. The SMILES string of the molecule is COc1ccc2cc(N(C)C)sc2c1. The van der Waals surface area contributed by atoms with E-state index in [9.17, 15) is 0 Å². The molecule has 1 heterocycles. The first kappa shape index (κ1) is 9.34. The van der Waals surface area contributed by atoms with Gasteiger partial charge in [-0.15, -0.1) is 11.3 Å². The number of rotatable bonds is 2. The van der Waals surface area contributed by atoms with Gasteiger partial charge in [-0.05, 0) is 29.7 Å². The summed E-state index contributed by atoms with van der Waals surface area (Å²) in [5.74, 6) is 0.921. The zero-order chi connectivity index (χ0) is 10.1. The Bertz CT molecular complexity index is 447. The highest BCUT2D eigenvalue weighted by Crippen LogP contribution is 2.33. The van der Waals surface area contributed by atoms with Crippen molar-refractivity contribution in [1.82, 2.24) is 0 Å². The quantitative estimate of drug-likeness (QED) is 0.750. The van der Waals surface area contributed by atoms with Crippen molar-refractivity contribution in [2.45, 2.75) is 0 Å². The number of hydrogen-bond acceptors (Lipinski definition) is 3. The molecule has 0 saturated heterocycles. The molecule has 0 N–H and O–H groups in total. The zero-order valence-corrected chi connectivity index (χ0v) is 9.39. The van der Waals surface area contributed by atoms with E-state index in [0.717, 1.165) is 5.75 Å². The smallest absolute Gasteiger partial charge is 0.120 e. The van der Waals surface area contributed by atoms with Crippen molar-refractivity contribution in [2.24, 2.45) is 0 Å². The van der Waals surface area contributed by atoms with Crippen molar-refractivity contribution >= 4 is 26.4 Å². The highest BCUT2D eigenvalue weighted by Gasteiger charge is 2.03. The van der Waals surface area contributed by atoms with Crippen molar-refractivity contribution in [1.29, 1.82) is 0 Å². The highest BCUT2D eigenvalue weighted by atomic mass is 32.1. The molecule has 14 heavy (non-hydrogen) atoms. The highest BCUT2D eigenvalue weighted by molar-refractivity contribution is 7.22. The van der Waals surface area contributed by atoms with Gasteiger partial charge in [-0.25, -0.2) is 0 Å². The van der Waals surface area contributed by atoms with Crippen LogP contribution in [0, 0.1) is 0 Å². The van der Waals surface area contributed by atoms with Crippen LogP contribution in [-0.2, 0) is 0 Å². The van der Waals surface area contributed by atoms with Gasteiger partial charge >= 0.3 is 0 Å². The molecule has 0 radical (unpaired) electrons. The van der Waals surface area contributed by atoms with Gasteiger partial charge in [0.05, 0.1) is 12.1 Å². The van der Waals surface area contributed by atoms with E-state index in [1.54, 1.807) is 18.4 Å². The average molecular weight is 207 g/mol. The van der Waals surface area contributed by atoms with E-state index in [1.165, 1.54) is 15.1 Å². The maximum atomic E-state index is 5.19. The van der Waals surface area contributed by atoms with Gasteiger partial charge in [0.2, 0.25) is 0 Å². The number of anilines is 1. The van der Waals surface area contributed by atoms with Crippen molar-refractivity contribution < 1.29 is 4.74 Å². The van der Waals surface area contributed by atoms with Crippen molar-refractivity contribution in [2.75, 3.05) is 26.1 Å². The maximum Gasteiger partial charge on any atom is 0.120 e. The van der Waals surface area contributed by atoms with Gasteiger partial charge in [-0.2, -0.15) is 0 Å². The summed E-state index contributed by atoms with van der Waals surface area (Å²) in [4.78, 5) is 2.12. The molecule has 0 unspecified atom stereocenters. The fourth-order valence-corrected chi connectivity index (χ4v) is 2.36. The van der Waals surface area contributed by atoms with Crippen LogP contribution >= 0.6 is 11.3 Å². The third-order valence-corrected chi connectivity index (χ3v) is 3.42. The number of ether oxygens (including phenoxy) is 1. The number of hydrogen-bond donors (Lipinski definition) is 0. The molecule has 0 atom stereocenters. The third kappa shape index (κ3) is 1.55. The molecule has 1 aromatic carbocycles. The molecule has 2 nitrogen and oxygen atoms in total. The standard InChI is InChI=1S/C11H13NOS/c1-12(2)11-6-8-4-5-9(13-3)7-10(8)14-11/h4-7H,1-3H3. The largest absolute Gasteiger partial charge is 0.497 e. The van der Waals surface area contributed by atoms with Crippen LogP contribution in [0.1, 0.15) is 0 Å². The molecule has 0 bridgehead atoms. The molecule has 0 aliphatic rings. The van der Waals surface area contributed by atoms with Crippen LogP contribution in [0.5, 0.6) is 5.75 Å². The lowest BCUT2D eigenvalue weighted by atomic mass is 10.2. The summed E-state index contributed by atoms with van der Waals surface area (Å²) in [5, 5.41) is 2.55. The Balaban J connectivity index is 2.54. The average Bonchev–Trinajstić information content (AvgIpc) is 2.59. The fourth-order valence-electron chi connectivity index (χ4n) is 1.34. The van der Waals surface area contributed by atoms with Gasteiger partial charge in [-0.3, -0.25) is 0 Å². The first-order valence-corrected chi connectivity index (χ1v) is 5.27. The van der Waals surface area contributed by atoms with Gasteiger partial charge in [0.25, 0.3) is 0 Å². The van der Waals surface area contributed by atoms with E-state index in [-0.39, 0.29) is 0 Å². The molecule has 0 amide bonds. The minimum atomic E-state index is 0.921. The molecule has 2 rings (SSSR count). The molecule has 0 fully saturated rings. The monoisotopic (exact) mass is 207 g/mol.